The minimum absolute atomic E-state index is 0.255. The number of aromatic amines is 1. The second-order valence-electron chi connectivity index (χ2n) is 5.53. The Morgan fingerprint density at radius 3 is 2.58 bits per heavy atom. The molecule has 1 aromatic heterocycles. The molecule has 1 aliphatic rings. The van der Waals surface area contributed by atoms with E-state index in [1.54, 1.807) is 0 Å². The molecular weight excluding hydrogens is 246 g/mol. The summed E-state index contributed by atoms with van der Waals surface area (Å²) in [7, 11) is 0. The lowest BCUT2D eigenvalue weighted by Gasteiger charge is -2.11. The van der Waals surface area contributed by atoms with Crippen LogP contribution in [0, 0.1) is 17.6 Å². The zero-order valence-electron chi connectivity index (χ0n) is 10.9. The second-order valence-corrected chi connectivity index (χ2v) is 5.53. The second kappa shape index (κ2) is 5.27. The number of halogens is 2. The fourth-order valence-corrected chi connectivity index (χ4v) is 3.03. The molecule has 0 bridgehead atoms. The molecule has 0 atom stereocenters. The molecule has 4 heteroatoms. The number of hydrogen-bond acceptors (Lipinski definition) is 1. The van der Waals surface area contributed by atoms with E-state index in [9.17, 15) is 8.78 Å². The van der Waals surface area contributed by atoms with Crippen molar-refractivity contribution in [1.82, 2.24) is 9.97 Å². The van der Waals surface area contributed by atoms with Crippen LogP contribution in [-0.4, -0.2) is 9.97 Å². The number of H-pyrrole nitrogens is 1. The third-order valence-corrected chi connectivity index (χ3v) is 4.01. The highest BCUT2D eigenvalue weighted by Crippen LogP contribution is 2.26. The Labute approximate surface area is 111 Å². The van der Waals surface area contributed by atoms with E-state index in [4.69, 9.17) is 0 Å². The Morgan fingerprint density at radius 1 is 1.11 bits per heavy atom. The standard InChI is InChI=1S/C15H18F2N2/c16-11-8-12(17)15-13(9-11)18-14(19-15)7-10-5-3-1-2-4-6-10/h8-10H,1-7H2,(H,18,19). The third-order valence-electron chi connectivity index (χ3n) is 4.01. The van der Waals surface area contributed by atoms with Gasteiger partial charge in [0.2, 0.25) is 0 Å². The highest BCUT2D eigenvalue weighted by atomic mass is 19.1. The van der Waals surface area contributed by atoms with Gasteiger partial charge < -0.3 is 4.98 Å². The summed E-state index contributed by atoms with van der Waals surface area (Å²) in [4.78, 5) is 7.33. The summed E-state index contributed by atoms with van der Waals surface area (Å²) in [6, 6.07) is 2.20. The van der Waals surface area contributed by atoms with Gasteiger partial charge in [-0.1, -0.05) is 38.5 Å². The number of imidazole rings is 1. The van der Waals surface area contributed by atoms with Crippen LogP contribution in [0.25, 0.3) is 11.0 Å². The molecule has 1 aliphatic carbocycles. The summed E-state index contributed by atoms with van der Waals surface area (Å²) in [5.74, 6) is 0.260. The molecule has 0 aliphatic heterocycles. The summed E-state index contributed by atoms with van der Waals surface area (Å²) < 4.78 is 26.7. The normalized spacial score (nSPS) is 17.8. The monoisotopic (exact) mass is 264 g/mol. The lowest BCUT2D eigenvalue weighted by atomic mass is 9.96. The van der Waals surface area contributed by atoms with Crippen LogP contribution in [0.3, 0.4) is 0 Å². The predicted molar refractivity (Wildman–Crippen MR) is 70.9 cm³/mol. The van der Waals surface area contributed by atoms with Crippen molar-refractivity contribution >= 4 is 11.0 Å². The zero-order chi connectivity index (χ0) is 13.2. The van der Waals surface area contributed by atoms with E-state index in [0.717, 1.165) is 18.3 Å². The van der Waals surface area contributed by atoms with Crippen molar-refractivity contribution in [3.8, 4) is 0 Å². The van der Waals surface area contributed by atoms with Crippen LogP contribution in [-0.2, 0) is 6.42 Å². The molecular formula is C15H18F2N2. The lowest BCUT2D eigenvalue weighted by Crippen LogP contribution is -2.04. The Bertz CT molecular complexity index is 569. The molecule has 2 aromatic rings. The van der Waals surface area contributed by atoms with E-state index >= 15 is 0 Å². The first-order valence-corrected chi connectivity index (χ1v) is 7.06. The van der Waals surface area contributed by atoms with Gasteiger partial charge in [0, 0.05) is 12.5 Å². The highest BCUT2D eigenvalue weighted by Gasteiger charge is 2.16. The number of rotatable bonds is 2. The van der Waals surface area contributed by atoms with Gasteiger partial charge in [0.1, 0.15) is 17.2 Å². The number of aromatic nitrogens is 2. The molecule has 102 valence electrons. The summed E-state index contributed by atoms with van der Waals surface area (Å²) in [5, 5.41) is 0. The van der Waals surface area contributed by atoms with Gasteiger partial charge in [-0.05, 0) is 12.0 Å². The fourth-order valence-electron chi connectivity index (χ4n) is 3.03. The SMILES string of the molecule is Fc1cc(F)c2nc(CC3CCCCCC3)[nH]c2c1. The molecule has 2 nitrogen and oxygen atoms in total. The summed E-state index contributed by atoms with van der Waals surface area (Å²) in [6.07, 6.45) is 8.45. The van der Waals surface area contributed by atoms with Gasteiger partial charge in [0.25, 0.3) is 0 Å². The molecule has 0 saturated heterocycles. The molecule has 0 amide bonds. The number of nitrogens with zero attached hydrogens (tertiary/aromatic N) is 1. The van der Waals surface area contributed by atoms with Crippen LogP contribution in [0.15, 0.2) is 12.1 Å². The zero-order valence-corrected chi connectivity index (χ0v) is 10.9. The van der Waals surface area contributed by atoms with Gasteiger partial charge >= 0.3 is 0 Å². The smallest absolute Gasteiger partial charge is 0.153 e. The molecule has 3 rings (SSSR count). The fraction of sp³-hybridized carbons (Fsp3) is 0.533. The first-order chi connectivity index (χ1) is 9.22. The highest BCUT2D eigenvalue weighted by molar-refractivity contribution is 5.75. The first kappa shape index (κ1) is 12.6. The minimum Gasteiger partial charge on any atom is -0.342 e. The van der Waals surface area contributed by atoms with Crippen molar-refractivity contribution in [2.24, 2.45) is 5.92 Å². The van der Waals surface area contributed by atoms with Crippen LogP contribution >= 0.6 is 0 Å². The van der Waals surface area contributed by atoms with Crippen molar-refractivity contribution in [2.75, 3.05) is 0 Å². The molecule has 1 aromatic carbocycles. The Balaban J connectivity index is 1.83. The summed E-state index contributed by atoms with van der Waals surface area (Å²) in [5.41, 5.74) is 0.714. The molecule has 0 unspecified atom stereocenters. The van der Waals surface area contributed by atoms with Crippen molar-refractivity contribution in [2.45, 2.75) is 44.9 Å². The van der Waals surface area contributed by atoms with Gasteiger partial charge in [0.15, 0.2) is 5.82 Å². The van der Waals surface area contributed by atoms with E-state index < -0.39 is 11.6 Å². The average molecular weight is 264 g/mol. The first-order valence-electron chi connectivity index (χ1n) is 7.06. The quantitative estimate of drug-likeness (QED) is 0.802. The van der Waals surface area contributed by atoms with E-state index in [1.165, 1.54) is 44.6 Å². The van der Waals surface area contributed by atoms with Crippen molar-refractivity contribution in [3.05, 3.63) is 29.6 Å². The van der Waals surface area contributed by atoms with Gasteiger partial charge in [-0.15, -0.1) is 0 Å². The molecule has 1 fully saturated rings. The molecule has 0 radical (unpaired) electrons. The Morgan fingerprint density at radius 2 is 1.84 bits per heavy atom. The van der Waals surface area contributed by atoms with Crippen LogP contribution in [0.5, 0.6) is 0 Å². The minimum atomic E-state index is -0.585. The molecule has 19 heavy (non-hydrogen) atoms. The predicted octanol–water partition coefficient (Wildman–Crippen LogP) is 4.35. The number of fused-ring (bicyclic) bond motifs is 1. The van der Waals surface area contributed by atoms with Crippen LogP contribution in [0.2, 0.25) is 0 Å². The van der Waals surface area contributed by atoms with Crippen LogP contribution in [0.1, 0.15) is 44.3 Å². The molecule has 1 saturated carbocycles. The number of hydrogen-bond donors (Lipinski definition) is 1. The largest absolute Gasteiger partial charge is 0.342 e. The number of nitrogens with one attached hydrogen (secondary N) is 1. The van der Waals surface area contributed by atoms with Gasteiger partial charge in [0.05, 0.1) is 5.52 Å². The number of benzene rings is 1. The maximum Gasteiger partial charge on any atom is 0.153 e. The summed E-state index contributed by atoms with van der Waals surface area (Å²) >= 11 is 0. The topological polar surface area (TPSA) is 28.7 Å². The Hall–Kier alpha value is -1.45. The van der Waals surface area contributed by atoms with Crippen LogP contribution in [0.4, 0.5) is 8.78 Å². The average Bonchev–Trinajstić information content (AvgIpc) is 2.58. The maximum absolute atomic E-state index is 13.6. The van der Waals surface area contributed by atoms with Crippen molar-refractivity contribution in [1.29, 1.82) is 0 Å². The van der Waals surface area contributed by atoms with E-state index in [2.05, 4.69) is 9.97 Å². The van der Waals surface area contributed by atoms with E-state index in [1.807, 2.05) is 0 Å². The lowest BCUT2D eigenvalue weighted by molar-refractivity contribution is 0.450. The van der Waals surface area contributed by atoms with E-state index in [-0.39, 0.29) is 5.52 Å². The van der Waals surface area contributed by atoms with E-state index in [0.29, 0.717) is 11.4 Å². The Kier molecular flexibility index (Phi) is 3.49. The van der Waals surface area contributed by atoms with Gasteiger partial charge in [-0.2, -0.15) is 0 Å². The van der Waals surface area contributed by atoms with Crippen LogP contribution < -0.4 is 0 Å². The third kappa shape index (κ3) is 2.77. The summed E-state index contributed by atoms with van der Waals surface area (Å²) in [6.45, 7) is 0. The molecule has 0 spiro atoms. The van der Waals surface area contributed by atoms with Crippen molar-refractivity contribution in [3.63, 3.8) is 0 Å². The van der Waals surface area contributed by atoms with Gasteiger partial charge in [-0.25, -0.2) is 13.8 Å². The molecule has 1 heterocycles. The maximum atomic E-state index is 13.6. The van der Waals surface area contributed by atoms with Gasteiger partial charge in [-0.3, -0.25) is 0 Å². The van der Waals surface area contributed by atoms with Crippen molar-refractivity contribution < 1.29 is 8.78 Å². The molecule has 1 N–H and O–H groups in total.